The molecule has 0 saturated heterocycles. The molecule has 0 aliphatic carbocycles. The summed E-state index contributed by atoms with van der Waals surface area (Å²) in [5.74, 6) is -0.805. The van der Waals surface area contributed by atoms with Crippen LogP contribution in [0.3, 0.4) is 0 Å². The highest BCUT2D eigenvalue weighted by Gasteiger charge is 2.16. The minimum absolute atomic E-state index is 0.0613. The van der Waals surface area contributed by atoms with Crippen LogP contribution in [0.15, 0.2) is 24.3 Å². The SMILES string of the molecule is CC(C)(CCCO)CNCc1ccccc1CC(=O)O. The molecule has 0 unspecified atom stereocenters. The lowest BCUT2D eigenvalue weighted by atomic mass is 9.88. The normalized spacial score (nSPS) is 11.6. The molecule has 0 heterocycles. The summed E-state index contributed by atoms with van der Waals surface area (Å²) in [6.45, 7) is 6.07. The Hall–Kier alpha value is -1.39. The number of aliphatic carboxylic acids is 1. The van der Waals surface area contributed by atoms with Gasteiger partial charge in [0.15, 0.2) is 0 Å². The molecule has 0 aromatic heterocycles. The van der Waals surface area contributed by atoms with Gasteiger partial charge in [-0.25, -0.2) is 0 Å². The molecule has 4 heteroatoms. The molecule has 0 atom stereocenters. The lowest BCUT2D eigenvalue weighted by Gasteiger charge is -2.25. The molecule has 1 aromatic rings. The number of rotatable bonds is 9. The molecular weight excluding hydrogens is 254 g/mol. The van der Waals surface area contributed by atoms with Crippen LogP contribution in [-0.4, -0.2) is 29.3 Å². The fraction of sp³-hybridized carbons (Fsp3) is 0.562. The van der Waals surface area contributed by atoms with Gasteiger partial charge in [-0.1, -0.05) is 38.1 Å². The predicted molar refractivity (Wildman–Crippen MR) is 79.6 cm³/mol. The fourth-order valence-corrected chi connectivity index (χ4v) is 2.25. The smallest absolute Gasteiger partial charge is 0.307 e. The van der Waals surface area contributed by atoms with E-state index >= 15 is 0 Å². The van der Waals surface area contributed by atoms with E-state index in [9.17, 15) is 4.79 Å². The number of carboxylic acids is 1. The molecule has 0 spiro atoms. The number of hydrogen-bond acceptors (Lipinski definition) is 3. The van der Waals surface area contributed by atoms with E-state index in [0.29, 0.717) is 6.54 Å². The molecule has 20 heavy (non-hydrogen) atoms. The zero-order valence-corrected chi connectivity index (χ0v) is 12.4. The average Bonchev–Trinajstić information content (AvgIpc) is 2.38. The maximum atomic E-state index is 10.8. The summed E-state index contributed by atoms with van der Waals surface area (Å²) in [4.78, 5) is 10.8. The molecular formula is C16H25NO3. The first-order valence-corrected chi connectivity index (χ1v) is 7.05. The van der Waals surface area contributed by atoms with Gasteiger partial charge in [0.2, 0.25) is 0 Å². The van der Waals surface area contributed by atoms with Gasteiger partial charge in [0.1, 0.15) is 0 Å². The lowest BCUT2D eigenvalue weighted by molar-refractivity contribution is -0.136. The van der Waals surface area contributed by atoms with E-state index in [2.05, 4.69) is 19.2 Å². The van der Waals surface area contributed by atoms with Crippen molar-refractivity contribution in [3.8, 4) is 0 Å². The minimum atomic E-state index is -0.805. The fourth-order valence-electron chi connectivity index (χ4n) is 2.25. The van der Waals surface area contributed by atoms with Gasteiger partial charge >= 0.3 is 5.97 Å². The molecule has 0 aliphatic heterocycles. The van der Waals surface area contributed by atoms with Crippen molar-refractivity contribution in [2.45, 2.75) is 39.7 Å². The van der Waals surface area contributed by atoms with Gasteiger partial charge < -0.3 is 15.5 Å². The first kappa shape index (κ1) is 16.7. The third-order valence-electron chi connectivity index (χ3n) is 3.39. The molecule has 112 valence electrons. The van der Waals surface area contributed by atoms with Gasteiger partial charge in [-0.3, -0.25) is 4.79 Å². The van der Waals surface area contributed by atoms with Crippen LogP contribution in [0, 0.1) is 5.41 Å². The number of carboxylic acid groups (broad SMARTS) is 1. The highest BCUT2D eigenvalue weighted by molar-refractivity contribution is 5.70. The molecule has 4 nitrogen and oxygen atoms in total. The Bertz CT molecular complexity index is 429. The summed E-state index contributed by atoms with van der Waals surface area (Å²) in [5, 5.41) is 21.2. The van der Waals surface area contributed by atoms with E-state index in [1.807, 2.05) is 24.3 Å². The van der Waals surface area contributed by atoms with Crippen LogP contribution in [0.2, 0.25) is 0 Å². The number of aliphatic hydroxyl groups is 1. The molecule has 1 rings (SSSR count). The molecule has 0 saturated carbocycles. The number of nitrogens with one attached hydrogen (secondary N) is 1. The molecule has 0 radical (unpaired) electrons. The quantitative estimate of drug-likeness (QED) is 0.648. The second kappa shape index (κ2) is 8.02. The van der Waals surface area contributed by atoms with Gasteiger partial charge in [0.25, 0.3) is 0 Å². The van der Waals surface area contributed by atoms with Crippen LogP contribution in [0.25, 0.3) is 0 Å². The van der Waals surface area contributed by atoms with Crippen LogP contribution in [0.1, 0.15) is 37.8 Å². The topological polar surface area (TPSA) is 69.6 Å². The van der Waals surface area contributed by atoms with Gasteiger partial charge in [-0.05, 0) is 29.4 Å². The van der Waals surface area contributed by atoms with Crippen LogP contribution in [-0.2, 0) is 17.8 Å². The summed E-state index contributed by atoms with van der Waals surface area (Å²) < 4.78 is 0. The van der Waals surface area contributed by atoms with E-state index in [4.69, 9.17) is 10.2 Å². The molecule has 0 fully saturated rings. The van der Waals surface area contributed by atoms with Gasteiger partial charge in [0.05, 0.1) is 6.42 Å². The van der Waals surface area contributed by atoms with E-state index in [-0.39, 0.29) is 18.4 Å². The maximum absolute atomic E-state index is 10.8. The Kier molecular flexibility index (Phi) is 6.68. The van der Waals surface area contributed by atoms with Gasteiger partial charge in [-0.15, -0.1) is 0 Å². The minimum Gasteiger partial charge on any atom is -0.481 e. The third kappa shape index (κ3) is 6.17. The van der Waals surface area contributed by atoms with Crippen molar-refractivity contribution in [2.24, 2.45) is 5.41 Å². The van der Waals surface area contributed by atoms with Crippen LogP contribution >= 0.6 is 0 Å². The molecule has 0 amide bonds. The number of hydrogen-bond donors (Lipinski definition) is 3. The maximum Gasteiger partial charge on any atom is 0.307 e. The van der Waals surface area contributed by atoms with E-state index in [1.54, 1.807) is 0 Å². The van der Waals surface area contributed by atoms with Gasteiger partial charge in [0, 0.05) is 19.7 Å². The van der Waals surface area contributed by atoms with E-state index in [0.717, 1.165) is 30.5 Å². The molecule has 3 N–H and O–H groups in total. The first-order valence-electron chi connectivity index (χ1n) is 7.05. The summed E-state index contributed by atoms with van der Waals surface area (Å²) in [6.07, 6.45) is 1.84. The monoisotopic (exact) mass is 279 g/mol. The largest absolute Gasteiger partial charge is 0.481 e. The van der Waals surface area contributed by atoms with Crippen molar-refractivity contribution in [1.29, 1.82) is 0 Å². The predicted octanol–water partition coefficient (Wildman–Crippen LogP) is 2.20. The summed E-state index contributed by atoms with van der Waals surface area (Å²) in [7, 11) is 0. The highest BCUT2D eigenvalue weighted by Crippen LogP contribution is 2.21. The van der Waals surface area contributed by atoms with Crippen molar-refractivity contribution >= 4 is 5.97 Å². The van der Waals surface area contributed by atoms with E-state index < -0.39 is 5.97 Å². The lowest BCUT2D eigenvalue weighted by Crippen LogP contribution is -2.29. The Morgan fingerprint density at radius 3 is 2.50 bits per heavy atom. The zero-order valence-electron chi connectivity index (χ0n) is 12.4. The van der Waals surface area contributed by atoms with Crippen LogP contribution in [0.4, 0.5) is 0 Å². The second-order valence-electron chi connectivity index (χ2n) is 5.93. The van der Waals surface area contributed by atoms with Crippen molar-refractivity contribution in [1.82, 2.24) is 5.32 Å². The van der Waals surface area contributed by atoms with Crippen LogP contribution < -0.4 is 5.32 Å². The zero-order chi connectivity index (χ0) is 15.0. The Labute approximate surface area is 120 Å². The van der Waals surface area contributed by atoms with Crippen molar-refractivity contribution in [3.05, 3.63) is 35.4 Å². The van der Waals surface area contributed by atoms with Crippen molar-refractivity contribution in [3.63, 3.8) is 0 Å². The number of carbonyl (C=O) groups is 1. The summed E-state index contributed by atoms with van der Waals surface area (Å²) in [6, 6.07) is 7.63. The second-order valence-corrected chi connectivity index (χ2v) is 5.93. The van der Waals surface area contributed by atoms with E-state index in [1.165, 1.54) is 0 Å². The summed E-state index contributed by atoms with van der Waals surface area (Å²) in [5.41, 5.74) is 2.03. The Morgan fingerprint density at radius 1 is 1.25 bits per heavy atom. The highest BCUT2D eigenvalue weighted by atomic mass is 16.4. The number of aliphatic hydroxyl groups excluding tert-OH is 1. The first-order chi connectivity index (χ1) is 9.44. The molecule has 1 aromatic carbocycles. The Balaban J connectivity index is 2.51. The summed E-state index contributed by atoms with van der Waals surface area (Å²) >= 11 is 0. The standard InChI is InChI=1S/C16H25NO3/c1-16(2,8-5-9-18)12-17-11-14-7-4-3-6-13(14)10-15(19)20/h3-4,6-7,17-18H,5,8-12H2,1-2H3,(H,19,20). The number of benzene rings is 1. The van der Waals surface area contributed by atoms with Crippen molar-refractivity contribution in [2.75, 3.05) is 13.2 Å². The van der Waals surface area contributed by atoms with Crippen molar-refractivity contribution < 1.29 is 15.0 Å². The Morgan fingerprint density at radius 2 is 1.90 bits per heavy atom. The molecule has 0 aliphatic rings. The third-order valence-corrected chi connectivity index (χ3v) is 3.39. The van der Waals surface area contributed by atoms with Crippen LogP contribution in [0.5, 0.6) is 0 Å². The molecule has 0 bridgehead atoms. The van der Waals surface area contributed by atoms with Gasteiger partial charge in [-0.2, -0.15) is 0 Å². The average molecular weight is 279 g/mol.